The highest BCUT2D eigenvalue weighted by molar-refractivity contribution is 7.15. The lowest BCUT2D eigenvalue weighted by Gasteiger charge is -2.10. The Morgan fingerprint density at radius 1 is 1.08 bits per heavy atom. The summed E-state index contributed by atoms with van der Waals surface area (Å²) in [5, 5.41) is 13.2. The molecule has 1 atom stereocenters. The molecule has 2 N–H and O–H groups in total. The number of ether oxygens (including phenoxy) is 1. The number of carbonyl (C=O) groups is 1. The predicted molar refractivity (Wildman–Crippen MR) is 145 cm³/mol. The number of nitrogens with one attached hydrogen (secondary N) is 1. The number of aryl methyl sites for hydroxylation is 1. The van der Waals surface area contributed by atoms with Gasteiger partial charge in [-0.25, -0.2) is 15.0 Å². The number of thiazole rings is 1. The largest absolute Gasteiger partial charge is 0.491 e. The molecule has 0 saturated carbocycles. The van der Waals surface area contributed by atoms with Crippen molar-refractivity contribution < 1.29 is 14.6 Å². The first-order valence-electron chi connectivity index (χ1n) is 11.8. The van der Waals surface area contributed by atoms with Crippen LogP contribution < -0.4 is 10.1 Å². The zero-order valence-electron chi connectivity index (χ0n) is 21.1. The first-order valence-corrected chi connectivity index (χ1v) is 12.6. The molecule has 4 rings (SSSR count). The summed E-state index contributed by atoms with van der Waals surface area (Å²) in [5.74, 6) is 2.76. The Labute approximate surface area is 216 Å². The molecule has 8 heteroatoms. The number of nitrogens with zero attached hydrogens (tertiary/aromatic N) is 3. The maximum Gasteiger partial charge on any atom is 0.132 e. The lowest BCUT2D eigenvalue weighted by atomic mass is 10.0. The first kappa shape index (κ1) is 27.0. The third-order valence-corrected chi connectivity index (χ3v) is 6.19. The summed E-state index contributed by atoms with van der Waals surface area (Å²) < 4.78 is 5.43. The first-order chi connectivity index (χ1) is 17.3. The van der Waals surface area contributed by atoms with Crippen LogP contribution in [0.4, 0.5) is 11.6 Å². The van der Waals surface area contributed by atoms with Crippen LogP contribution in [0.2, 0.25) is 0 Å². The number of aromatic nitrogens is 3. The van der Waals surface area contributed by atoms with Crippen molar-refractivity contribution in [3.63, 3.8) is 0 Å². The van der Waals surface area contributed by atoms with E-state index in [1.54, 1.807) is 17.5 Å². The molecule has 0 aliphatic carbocycles. The molecule has 3 heterocycles. The van der Waals surface area contributed by atoms with Gasteiger partial charge in [0.2, 0.25) is 0 Å². The average molecular weight is 505 g/mol. The molecule has 0 aliphatic rings. The highest BCUT2D eigenvalue weighted by Gasteiger charge is 2.14. The molecule has 0 amide bonds. The van der Waals surface area contributed by atoms with Gasteiger partial charge in [0.1, 0.15) is 29.8 Å². The quantitative estimate of drug-likeness (QED) is 0.290. The van der Waals surface area contributed by atoms with E-state index < -0.39 is 0 Å². The van der Waals surface area contributed by atoms with Gasteiger partial charge in [-0.15, -0.1) is 11.3 Å². The van der Waals surface area contributed by atoms with Crippen LogP contribution in [0.15, 0.2) is 67.0 Å². The molecule has 36 heavy (non-hydrogen) atoms. The van der Waals surface area contributed by atoms with Gasteiger partial charge >= 0.3 is 0 Å². The molecule has 0 spiro atoms. The lowest BCUT2D eigenvalue weighted by Crippen LogP contribution is -2.02. The van der Waals surface area contributed by atoms with E-state index in [1.165, 1.54) is 19.4 Å². The van der Waals surface area contributed by atoms with Crippen LogP contribution >= 0.6 is 11.3 Å². The van der Waals surface area contributed by atoms with Gasteiger partial charge in [0.05, 0.1) is 22.2 Å². The molecule has 7 nitrogen and oxygen atoms in total. The van der Waals surface area contributed by atoms with E-state index in [0.29, 0.717) is 6.61 Å². The summed E-state index contributed by atoms with van der Waals surface area (Å²) in [6.07, 6.45) is 4.58. The SMILES string of the molecule is CC(C)=O.Cc1ccnc(Nc2cccc(-c3cnc(C(C)Cc4ccc(OCCO)cc4)s3)n2)c1. The average Bonchev–Trinajstić information content (AvgIpc) is 3.34. The highest BCUT2D eigenvalue weighted by Crippen LogP contribution is 2.31. The minimum Gasteiger partial charge on any atom is -0.491 e. The second-order valence-electron chi connectivity index (χ2n) is 8.54. The van der Waals surface area contributed by atoms with E-state index in [1.807, 2.05) is 55.6 Å². The van der Waals surface area contributed by atoms with Gasteiger partial charge in [0.15, 0.2) is 0 Å². The molecule has 0 saturated heterocycles. The molecule has 0 aliphatic heterocycles. The third kappa shape index (κ3) is 8.55. The minimum absolute atomic E-state index is 0.0157. The summed E-state index contributed by atoms with van der Waals surface area (Å²) in [4.78, 5) is 24.2. The molecular formula is C28H32N4O3S. The van der Waals surface area contributed by atoms with Crippen molar-refractivity contribution in [1.82, 2.24) is 15.0 Å². The Balaban J connectivity index is 0.000000840. The Morgan fingerprint density at radius 2 is 1.83 bits per heavy atom. The Hall–Kier alpha value is -3.62. The summed E-state index contributed by atoms with van der Waals surface area (Å²) in [6, 6.07) is 17.9. The van der Waals surface area contributed by atoms with Crippen molar-refractivity contribution >= 4 is 28.8 Å². The second kappa shape index (κ2) is 13.5. The van der Waals surface area contributed by atoms with E-state index in [2.05, 4.69) is 34.3 Å². The molecule has 3 aromatic heterocycles. The monoisotopic (exact) mass is 504 g/mol. The van der Waals surface area contributed by atoms with Gasteiger partial charge in [0, 0.05) is 18.3 Å². The highest BCUT2D eigenvalue weighted by atomic mass is 32.1. The van der Waals surface area contributed by atoms with Gasteiger partial charge in [-0.2, -0.15) is 0 Å². The minimum atomic E-state index is 0.0157. The number of anilines is 2. The summed E-state index contributed by atoms with van der Waals surface area (Å²) >= 11 is 1.68. The smallest absolute Gasteiger partial charge is 0.132 e. The number of carbonyl (C=O) groups excluding carboxylic acids is 1. The number of benzene rings is 1. The number of aliphatic hydroxyl groups is 1. The lowest BCUT2D eigenvalue weighted by molar-refractivity contribution is -0.114. The van der Waals surface area contributed by atoms with Crippen LogP contribution in [0, 0.1) is 6.92 Å². The number of Topliss-reactive ketones (excluding diaryl/α,β-unsaturated/α-hetero) is 1. The van der Waals surface area contributed by atoms with Crippen molar-refractivity contribution in [3.05, 3.63) is 83.1 Å². The van der Waals surface area contributed by atoms with E-state index >= 15 is 0 Å². The fourth-order valence-electron chi connectivity index (χ4n) is 3.34. The standard InChI is InChI=1S/C25H26N4O2S.C3H6O/c1-17-10-11-26-24(14-17)29-23-5-3-4-21(28-23)22-16-27-25(32-22)18(2)15-19-6-8-20(9-7-19)31-13-12-30;1-3(2)4/h3-11,14,16,18,30H,12-13,15H2,1-2H3,(H,26,28,29);1-2H3. The summed E-state index contributed by atoms with van der Waals surface area (Å²) in [6.45, 7) is 7.61. The third-order valence-electron chi connectivity index (χ3n) is 4.94. The van der Waals surface area contributed by atoms with Crippen molar-refractivity contribution in [2.75, 3.05) is 18.5 Å². The number of rotatable bonds is 9. The number of ketones is 1. The van der Waals surface area contributed by atoms with Gasteiger partial charge in [-0.05, 0) is 74.7 Å². The zero-order valence-corrected chi connectivity index (χ0v) is 21.9. The Morgan fingerprint density at radius 3 is 2.53 bits per heavy atom. The van der Waals surface area contributed by atoms with Crippen LogP contribution in [0.1, 0.15) is 42.8 Å². The van der Waals surface area contributed by atoms with Crippen LogP contribution in [-0.2, 0) is 11.2 Å². The molecular weight excluding hydrogens is 472 g/mol. The van der Waals surface area contributed by atoms with Crippen molar-refractivity contribution in [2.24, 2.45) is 0 Å². The van der Waals surface area contributed by atoms with E-state index in [9.17, 15) is 4.79 Å². The molecule has 1 unspecified atom stereocenters. The van der Waals surface area contributed by atoms with Crippen LogP contribution in [0.3, 0.4) is 0 Å². The van der Waals surface area contributed by atoms with Gasteiger partial charge in [-0.1, -0.05) is 25.1 Å². The van der Waals surface area contributed by atoms with Gasteiger partial charge in [-0.3, -0.25) is 0 Å². The maximum atomic E-state index is 9.44. The van der Waals surface area contributed by atoms with E-state index in [4.69, 9.17) is 14.8 Å². The molecule has 4 aromatic rings. The normalized spacial score (nSPS) is 11.2. The fourth-order valence-corrected chi connectivity index (χ4v) is 4.28. The second-order valence-corrected chi connectivity index (χ2v) is 9.61. The van der Waals surface area contributed by atoms with Crippen LogP contribution in [-0.4, -0.2) is 39.1 Å². The summed E-state index contributed by atoms with van der Waals surface area (Å²) in [7, 11) is 0. The van der Waals surface area contributed by atoms with E-state index in [0.717, 1.165) is 44.9 Å². The molecule has 0 radical (unpaired) electrons. The number of hydrogen-bond acceptors (Lipinski definition) is 8. The number of aliphatic hydroxyl groups excluding tert-OH is 1. The Bertz CT molecular complexity index is 1250. The Kier molecular flexibility index (Phi) is 10.1. The van der Waals surface area contributed by atoms with E-state index in [-0.39, 0.29) is 18.3 Å². The summed E-state index contributed by atoms with van der Waals surface area (Å²) in [5.41, 5.74) is 3.26. The van der Waals surface area contributed by atoms with Crippen molar-refractivity contribution in [3.8, 4) is 16.3 Å². The maximum absolute atomic E-state index is 9.44. The fraction of sp³-hybridized carbons (Fsp3) is 0.286. The predicted octanol–water partition coefficient (Wildman–Crippen LogP) is 5.96. The molecule has 0 fully saturated rings. The molecule has 188 valence electrons. The van der Waals surface area contributed by atoms with Crippen molar-refractivity contribution in [2.45, 2.75) is 40.0 Å². The number of hydrogen-bond donors (Lipinski definition) is 2. The van der Waals surface area contributed by atoms with Crippen LogP contribution in [0.25, 0.3) is 10.6 Å². The topological polar surface area (TPSA) is 97.2 Å². The van der Waals surface area contributed by atoms with Crippen LogP contribution in [0.5, 0.6) is 5.75 Å². The molecule has 1 aromatic carbocycles. The van der Waals surface area contributed by atoms with Gasteiger partial charge in [0.25, 0.3) is 0 Å². The molecule has 0 bridgehead atoms. The zero-order chi connectivity index (χ0) is 25.9. The van der Waals surface area contributed by atoms with Gasteiger partial charge < -0.3 is 20.0 Å². The number of pyridine rings is 2. The van der Waals surface area contributed by atoms with Crippen molar-refractivity contribution in [1.29, 1.82) is 0 Å².